The van der Waals surface area contributed by atoms with Crippen molar-refractivity contribution < 1.29 is 0 Å². The van der Waals surface area contributed by atoms with Crippen LogP contribution in [-0.4, -0.2) is 43.6 Å². The second-order valence-electron chi connectivity index (χ2n) is 9.77. The van der Waals surface area contributed by atoms with Crippen LogP contribution in [0.4, 0.5) is 0 Å². The summed E-state index contributed by atoms with van der Waals surface area (Å²) in [6.45, 7) is 11.4. The average molecular weight is 450 g/mol. The summed E-state index contributed by atoms with van der Waals surface area (Å²) in [6, 6.07) is 12.6. The number of pyridine rings is 1. The van der Waals surface area contributed by atoms with Crippen LogP contribution >= 0.6 is 11.8 Å². The van der Waals surface area contributed by atoms with E-state index in [0.717, 1.165) is 41.4 Å². The van der Waals surface area contributed by atoms with Gasteiger partial charge in [-0.2, -0.15) is 17.0 Å². The molecule has 0 spiro atoms. The third kappa shape index (κ3) is 4.35. The van der Waals surface area contributed by atoms with E-state index in [1.54, 1.807) is 16.2 Å². The number of rotatable bonds is 4. The maximum Gasteiger partial charge on any atom is 0.330 e. The summed E-state index contributed by atoms with van der Waals surface area (Å²) in [4.78, 5) is 20.2. The number of nitriles is 1. The van der Waals surface area contributed by atoms with Crippen molar-refractivity contribution in [2.24, 2.45) is 12.5 Å². The second-order valence-corrected chi connectivity index (χ2v) is 11.0. The highest BCUT2D eigenvalue weighted by Crippen LogP contribution is 2.30. The quantitative estimate of drug-likeness (QED) is 0.589. The van der Waals surface area contributed by atoms with Crippen LogP contribution in [-0.2, 0) is 13.6 Å². The van der Waals surface area contributed by atoms with E-state index < -0.39 is 0 Å². The largest absolute Gasteiger partial charge is 0.330 e. The predicted molar refractivity (Wildman–Crippen MR) is 132 cm³/mol. The van der Waals surface area contributed by atoms with Gasteiger partial charge in [-0.25, -0.2) is 9.78 Å². The number of imidazole rings is 1. The predicted octanol–water partition coefficient (Wildman–Crippen LogP) is 4.43. The van der Waals surface area contributed by atoms with Crippen molar-refractivity contribution >= 4 is 22.9 Å². The van der Waals surface area contributed by atoms with Gasteiger partial charge >= 0.3 is 5.69 Å². The van der Waals surface area contributed by atoms with E-state index in [1.165, 1.54) is 5.56 Å². The lowest BCUT2D eigenvalue weighted by molar-refractivity contribution is 0.233. The summed E-state index contributed by atoms with van der Waals surface area (Å²) in [7, 11) is 1.76. The third-order valence-electron chi connectivity index (χ3n) is 6.13. The highest BCUT2D eigenvalue weighted by molar-refractivity contribution is 7.99. The Morgan fingerprint density at radius 1 is 1.19 bits per heavy atom. The zero-order valence-corrected chi connectivity index (χ0v) is 20.4. The van der Waals surface area contributed by atoms with Crippen LogP contribution in [0.3, 0.4) is 0 Å². The van der Waals surface area contributed by atoms with E-state index in [2.05, 4.69) is 50.8 Å². The zero-order chi connectivity index (χ0) is 23.0. The number of thioether (sulfide) groups is 1. The van der Waals surface area contributed by atoms with Crippen LogP contribution < -0.4 is 5.69 Å². The average Bonchev–Trinajstić information content (AvgIpc) is 3.02. The number of nitrogens with zero attached hydrogens (tertiary/aromatic N) is 5. The Labute approximate surface area is 193 Å². The monoisotopic (exact) mass is 449 g/mol. The summed E-state index contributed by atoms with van der Waals surface area (Å²) in [5.41, 5.74) is 4.71. The molecule has 3 heterocycles. The topological polar surface area (TPSA) is 66.8 Å². The van der Waals surface area contributed by atoms with Crippen molar-refractivity contribution in [3.63, 3.8) is 0 Å². The van der Waals surface area contributed by atoms with Crippen LogP contribution in [0.2, 0.25) is 0 Å². The normalized spacial score (nSPS) is 16.2. The minimum atomic E-state index is -0.0644. The van der Waals surface area contributed by atoms with Gasteiger partial charge in [-0.05, 0) is 42.2 Å². The molecule has 32 heavy (non-hydrogen) atoms. The van der Waals surface area contributed by atoms with Crippen LogP contribution in [0.25, 0.3) is 22.4 Å². The lowest BCUT2D eigenvalue weighted by Crippen LogP contribution is -2.34. The van der Waals surface area contributed by atoms with Crippen molar-refractivity contribution in [2.75, 3.05) is 24.6 Å². The minimum absolute atomic E-state index is 0.0256. The lowest BCUT2D eigenvalue weighted by atomic mass is 9.96. The number of aromatic nitrogens is 3. The smallest absolute Gasteiger partial charge is 0.295 e. The Morgan fingerprint density at radius 3 is 2.56 bits per heavy atom. The molecule has 1 aliphatic rings. The zero-order valence-electron chi connectivity index (χ0n) is 19.6. The van der Waals surface area contributed by atoms with Gasteiger partial charge in [-0.1, -0.05) is 26.8 Å². The van der Waals surface area contributed by atoms with Crippen molar-refractivity contribution in [3.8, 4) is 17.3 Å². The van der Waals surface area contributed by atoms with Gasteiger partial charge < -0.3 is 0 Å². The van der Waals surface area contributed by atoms with E-state index in [0.29, 0.717) is 17.8 Å². The van der Waals surface area contributed by atoms with E-state index in [-0.39, 0.29) is 17.1 Å². The SMILES string of the molecule is CC(c1ccc(C#N)c(-c2ccc3c(n2)n(C)c(=O)n3CC(C)(C)C)c1)N1CCSCC1. The summed E-state index contributed by atoms with van der Waals surface area (Å²) in [5.74, 6) is 2.32. The van der Waals surface area contributed by atoms with Gasteiger partial charge in [0.1, 0.15) is 0 Å². The number of hydrogen-bond acceptors (Lipinski definition) is 5. The first-order chi connectivity index (χ1) is 15.2. The van der Waals surface area contributed by atoms with Crippen molar-refractivity contribution in [1.82, 2.24) is 19.0 Å². The molecule has 0 radical (unpaired) electrons. The van der Waals surface area contributed by atoms with Gasteiger partial charge in [0.2, 0.25) is 0 Å². The Bertz CT molecular complexity index is 1240. The highest BCUT2D eigenvalue weighted by Gasteiger charge is 2.22. The molecule has 1 aliphatic heterocycles. The Balaban J connectivity index is 1.79. The van der Waals surface area contributed by atoms with Crippen molar-refractivity contribution in [3.05, 3.63) is 51.9 Å². The molecule has 0 bridgehead atoms. The standard InChI is InChI=1S/C25H31N5OS/c1-17(29-10-12-32-13-11-29)18-6-7-19(15-26)20(14-18)21-8-9-22-23(27-21)28(5)24(31)30(22)16-25(2,3)4/h6-9,14,17H,10-13,16H2,1-5H3. The molecule has 168 valence electrons. The molecule has 6 nitrogen and oxygen atoms in total. The number of aryl methyl sites for hydroxylation is 1. The number of fused-ring (bicyclic) bond motifs is 1. The van der Waals surface area contributed by atoms with Gasteiger partial charge in [0.15, 0.2) is 5.65 Å². The molecule has 1 atom stereocenters. The first-order valence-electron chi connectivity index (χ1n) is 11.1. The number of benzene rings is 1. The molecular weight excluding hydrogens is 418 g/mol. The van der Waals surface area contributed by atoms with Crippen molar-refractivity contribution in [1.29, 1.82) is 5.26 Å². The molecule has 4 rings (SSSR count). The minimum Gasteiger partial charge on any atom is -0.295 e. The first kappa shape index (κ1) is 22.6. The Kier molecular flexibility index (Phi) is 6.19. The Hall–Kier alpha value is -2.56. The summed E-state index contributed by atoms with van der Waals surface area (Å²) in [6.07, 6.45) is 0. The van der Waals surface area contributed by atoms with Gasteiger partial charge in [0, 0.05) is 49.8 Å². The van der Waals surface area contributed by atoms with E-state index in [9.17, 15) is 10.1 Å². The van der Waals surface area contributed by atoms with E-state index >= 15 is 0 Å². The molecule has 0 aliphatic carbocycles. The molecule has 1 fully saturated rings. The van der Waals surface area contributed by atoms with Gasteiger partial charge in [0.05, 0.1) is 22.8 Å². The van der Waals surface area contributed by atoms with Crippen LogP contribution in [0.15, 0.2) is 35.1 Å². The molecule has 3 aromatic rings. The fourth-order valence-electron chi connectivity index (χ4n) is 4.36. The molecule has 7 heteroatoms. The molecule has 0 saturated carbocycles. The highest BCUT2D eigenvalue weighted by atomic mass is 32.2. The molecule has 0 amide bonds. The van der Waals surface area contributed by atoms with Gasteiger partial charge in [0.25, 0.3) is 0 Å². The summed E-state index contributed by atoms with van der Waals surface area (Å²) >= 11 is 2.00. The molecule has 1 aromatic carbocycles. The van der Waals surface area contributed by atoms with E-state index in [4.69, 9.17) is 4.98 Å². The fraction of sp³-hybridized carbons (Fsp3) is 0.480. The lowest BCUT2D eigenvalue weighted by Gasteiger charge is -2.32. The first-order valence-corrected chi connectivity index (χ1v) is 12.3. The van der Waals surface area contributed by atoms with Crippen LogP contribution in [0.1, 0.15) is 44.9 Å². The van der Waals surface area contributed by atoms with Gasteiger partial charge in [-0.3, -0.25) is 14.0 Å². The Morgan fingerprint density at radius 2 is 1.91 bits per heavy atom. The maximum atomic E-state index is 12.9. The van der Waals surface area contributed by atoms with E-state index in [1.807, 2.05) is 30.0 Å². The van der Waals surface area contributed by atoms with Crippen LogP contribution in [0.5, 0.6) is 0 Å². The molecular formula is C25H31N5OS. The molecule has 1 unspecified atom stereocenters. The molecule has 0 N–H and O–H groups in total. The molecule has 1 saturated heterocycles. The summed E-state index contributed by atoms with van der Waals surface area (Å²) < 4.78 is 3.40. The van der Waals surface area contributed by atoms with Crippen molar-refractivity contribution in [2.45, 2.75) is 40.3 Å². The fourth-order valence-corrected chi connectivity index (χ4v) is 5.29. The van der Waals surface area contributed by atoms with Crippen LogP contribution in [0, 0.1) is 16.7 Å². The third-order valence-corrected chi connectivity index (χ3v) is 7.07. The number of hydrogen-bond donors (Lipinski definition) is 0. The molecule has 2 aromatic heterocycles. The van der Waals surface area contributed by atoms with Gasteiger partial charge in [-0.15, -0.1) is 0 Å². The summed E-state index contributed by atoms with van der Waals surface area (Å²) in [5, 5.41) is 9.75. The maximum absolute atomic E-state index is 12.9. The second kappa shape index (κ2) is 8.76.